The molecule has 0 aliphatic carbocycles. The van der Waals surface area contributed by atoms with Crippen LogP contribution in [-0.4, -0.2) is 39.6 Å². The summed E-state index contributed by atoms with van der Waals surface area (Å²) in [6.07, 6.45) is 6.90. The van der Waals surface area contributed by atoms with Crippen molar-refractivity contribution in [1.29, 1.82) is 0 Å². The highest BCUT2D eigenvalue weighted by Crippen LogP contribution is 2.29. The van der Waals surface area contributed by atoms with Crippen molar-refractivity contribution < 1.29 is 0 Å². The van der Waals surface area contributed by atoms with E-state index in [9.17, 15) is 0 Å². The van der Waals surface area contributed by atoms with Gasteiger partial charge in [-0.05, 0) is 13.8 Å². The summed E-state index contributed by atoms with van der Waals surface area (Å²) in [7, 11) is 0. The van der Waals surface area contributed by atoms with E-state index in [0.29, 0.717) is 11.5 Å². The van der Waals surface area contributed by atoms with Gasteiger partial charge in [-0.3, -0.25) is 9.67 Å². The van der Waals surface area contributed by atoms with E-state index < -0.39 is 0 Å². The van der Waals surface area contributed by atoms with Crippen LogP contribution in [0.25, 0.3) is 27.1 Å². The third-order valence-corrected chi connectivity index (χ3v) is 4.22. The molecular formula is C13H12N8S. The summed E-state index contributed by atoms with van der Waals surface area (Å²) in [5, 5.41) is 18.3. The number of fused-ring (bicyclic) bond motifs is 1. The third-order valence-electron chi connectivity index (χ3n) is 3.28. The van der Waals surface area contributed by atoms with E-state index in [1.165, 1.54) is 11.3 Å². The molecule has 9 heteroatoms. The summed E-state index contributed by atoms with van der Waals surface area (Å²) in [5.74, 6) is 0.589. The lowest BCUT2D eigenvalue weighted by Gasteiger charge is -1.94. The van der Waals surface area contributed by atoms with Gasteiger partial charge in [0, 0.05) is 25.1 Å². The summed E-state index contributed by atoms with van der Waals surface area (Å²) in [4.78, 5) is 9.03. The van der Waals surface area contributed by atoms with Crippen LogP contribution < -0.4 is 0 Å². The van der Waals surface area contributed by atoms with Crippen LogP contribution in [-0.2, 0) is 6.54 Å². The Morgan fingerprint density at radius 1 is 1.18 bits per heavy atom. The van der Waals surface area contributed by atoms with Crippen molar-refractivity contribution in [2.24, 2.45) is 0 Å². The van der Waals surface area contributed by atoms with Crippen molar-refractivity contribution in [3.05, 3.63) is 30.5 Å². The summed E-state index contributed by atoms with van der Waals surface area (Å²) in [6, 6.07) is 0. The average molecular weight is 312 g/mol. The number of nitrogens with zero attached hydrogens (tertiary/aromatic N) is 8. The van der Waals surface area contributed by atoms with Gasteiger partial charge in [-0.15, -0.1) is 10.2 Å². The van der Waals surface area contributed by atoms with Gasteiger partial charge in [0.1, 0.15) is 5.69 Å². The zero-order valence-electron chi connectivity index (χ0n) is 12.0. The summed E-state index contributed by atoms with van der Waals surface area (Å²) in [6.45, 7) is 4.87. The molecule has 0 saturated heterocycles. The fourth-order valence-electron chi connectivity index (χ4n) is 2.19. The molecule has 0 radical (unpaired) electrons. The van der Waals surface area contributed by atoms with Crippen LogP contribution in [0, 0.1) is 6.92 Å². The topological polar surface area (TPSA) is 86.7 Å². The second-order valence-corrected chi connectivity index (χ2v) is 5.66. The molecule has 0 aliphatic heterocycles. The average Bonchev–Trinajstić information content (AvgIpc) is 3.21. The Balaban J connectivity index is 1.85. The molecule has 4 aromatic heterocycles. The van der Waals surface area contributed by atoms with Gasteiger partial charge >= 0.3 is 0 Å². The number of rotatable bonds is 3. The zero-order valence-corrected chi connectivity index (χ0v) is 12.8. The predicted molar refractivity (Wildman–Crippen MR) is 81.3 cm³/mol. The predicted octanol–water partition coefficient (Wildman–Crippen LogP) is 1.83. The molecule has 22 heavy (non-hydrogen) atoms. The first-order valence-electron chi connectivity index (χ1n) is 6.79. The first-order chi connectivity index (χ1) is 10.8. The highest BCUT2D eigenvalue weighted by Gasteiger charge is 2.17. The molecule has 0 atom stereocenters. The minimum atomic E-state index is 0.589. The van der Waals surface area contributed by atoms with Crippen LogP contribution in [0.2, 0.25) is 0 Å². The minimum Gasteiger partial charge on any atom is -0.272 e. The van der Waals surface area contributed by atoms with Gasteiger partial charge in [0.15, 0.2) is 5.01 Å². The van der Waals surface area contributed by atoms with Crippen molar-refractivity contribution >= 4 is 16.3 Å². The number of hydrogen-bond acceptors (Lipinski definition) is 7. The fourth-order valence-corrected chi connectivity index (χ4v) is 3.09. The maximum Gasteiger partial charge on any atom is 0.235 e. The van der Waals surface area contributed by atoms with Gasteiger partial charge in [-0.2, -0.15) is 14.7 Å². The van der Waals surface area contributed by atoms with Gasteiger partial charge in [0.2, 0.25) is 10.8 Å². The molecule has 0 saturated carbocycles. The molecule has 4 aromatic rings. The van der Waals surface area contributed by atoms with E-state index in [0.717, 1.165) is 27.8 Å². The first kappa shape index (κ1) is 13.0. The number of aromatic nitrogens is 8. The number of aryl methyl sites for hydroxylation is 2. The quantitative estimate of drug-likeness (QED) is 0.573. The summed E-state index contributed by atoms with van der Waals surface area (Å²) < 4.78 is 3.60. The van der Waals surface area contributed by atoms with Gasteiger partial charge in [0.25, 0.3) is 0 Å². The SMILES string of the molecule is CCn1cc(-c2nn3c(-c4cnccn4)nnc3s2)c(C)n1. The zero-order chi connectivity index (χ0) is 15.1. The van der Waals surface area contributed by atoms with Crippen LogP contribution >= 0.6 is 11.3 Å². The Hall–Kier alpha value is -2.68. The van der Waals surface area contributed by atoms with Crippen LogP contribution in [0.3, 0.4) is 0 Å². The molecule has 0 fully saturated rings. The molecule has 0 aliphatic rings. The molecule has 4 heterocycles. The van der Waals surface area contributed by atoms with Gasteiger partial charge < -0.3 is 0 Å². The lowest BCUT2D eigenvalue weighted by molar-refractivity contribution is 0.653. The summed E-state index contributed by atoms with van der Waals surface area (Å²) >= 11 is 1.48. The standard InChI is InChI=1S/C13H12N8S/c1-3-20-7-9(8(2)18-20)12-19-21-11(16-17-13(21)22-12)10-6-14-4-5-15-10/h4-7H,3H2,1-2H3. The summed E-state index contributed by atoms with van der Waals surface area (Å²) in [5.41, 5.74) is 2.61. The molecule has 0 unspecified atom stereocenters. The van der Waals surface area contributed by atoms with E-state index >= 15 is 0 Å². The molecule has 110 valence electrons. The Kier molecular flexibility index (Phi) is 2.93. The lowest BCUT2D eigenvalue weighted by atomic mass is 10.3. The Bertz CT molecular complexity index is 936. The molecule has 0 N–H and O–H groups in total. The Labute approximate surface area is 129 Å². The molecule has 0 spiro atoms. The Morgan fingerprint density at radius 2 is 2.09 bits per heavy atom. The number of hydrogen-bond donors (Lipinski definition) is 0. The van der Waals surface area contributed by atoms with E-state index in [1.54, 1.807) is 23.1 Å². The van der Waals surface area contributed by atoms with Crippen molar-refractivity contribution in [1.82, 2.24) is 39.6 Å². The van der Waals surface area contributed by atoms with E-state index in [2.05, 4.69) is 37.3 Å². The van der Waals surface area contributed by atoms with Crippen molar-refractivity contribution in [3.8, 4) is 22.1 Å². The van der Waals surface area contributed by atoms with Crippen molar-refractivity contribution in [3.63, 3.8) is 0 Å². The highest BCUT2D eigenvalue weighted by atomic mass is 32.1. The second kappa shape index (κ2) is 4.95. The molecule has 8 nitrogen and oxygen atoms in total. The highest BCUT2D eigenvalue weighted by molar-refractivity contribution is 7.19. The largest absolute Gasteiger partial charge is 0.272 e. The fraction of sp³-hybridized carbons (Fsp3) is 0.231. The maximum atomic E-state index is 4.62. The van der Waals surface area contributed by atoms with Gasteiger partial charge in [0.05, 0.1) is 17.5 Å². The van der Waals surface area contributed by atoms with Crippen molar-refractivity contribution in [2.75, 3.05) is 0 Å². The third kappa shape index (κ3) is 1.98. The van der Waals surface area contributed by atoms with Crippen LogP contribution in [0.15, 0.2) is 24.8 Å². The van der Waals surface area contributed by atoms with Gasteiger partial charge in [-0.25, -0.2) is 4.98 Å². The van der Waals surface area contributed by atoms with Crippen molar-refractivity contribution in [2.45, 2.75) is 20.4 Å². The molecule has 0 aromatic carbocycles. The van der Waals surface area contributed by atoms with Crippen LogP contribution in [0.4, 0.5) is 0 Å². The maximum absolute atomic E-state index is 4.62. The first-order valence-corrected chi connectivity index (χ1v) is 7.61. The minimum absolute atomic E-state index is 0.589. The van der Waals surface area contributed by atoms with Crippen LogP contribution in [0.5, 0.6) is 0 Å². The smallest absolute Gasteiger partial charge is 0.235 e. The van der Waals surface area contributed by atoms with Crippen LogP contribution in [0.1, 0.15) is 12.6 Å². The molecule has 0 bridgehead atoms. The second-order valence-electron chi connectivity index (χ2n) is 4.70. The molecular weight excluding hydrogens is 300 g/mol. The van der Waals surface area contributed by atoms with E-state index in [-0.39, 0.29) is 0 Å². The van der Waals surface area contributed by atoms with E-state index in [1.807, 2.05) is 17.8 Å². The Morgan fingerprint density at radius 3 is 2.82 bits per heavy atom. The van der Waals surface area contributed by atoms with E-state index in [4.69, 9.17) is 0 Å². The monoisotopic (exact) mass is 312 g/mol. The van der Waals surface area contributed by atoms with Gasteiger partial charge in [-0.1, -0.05) is 11.3 Å². The molecule has 0 amide bonds. The molecule has 4 rings (SSSR count). The normalized spacial score (nSPS) is 11.4. The lowest BCUT2D eigenvalue weighted by Crippen LogP contribution is -1.93.